The number of halogens is 3. The fourth-order valence-corrected chi connectivity index (χ4v) is 3.02. The Labute approximate surface area is 148 Å². The number of rotatable bonds is 3. The summed E-state index contributed by atoms with van der Waals surface area (Å²) in [4.78, 5) is 25.1. The van der Waals surface area contributed by atoms with Crippen LogP contribution in [0.3, 0.4) is 0 Å². The topological polar surface area (TPSA) is 85.0 Å². The Hall–Kier alpha value is -2.71. The Morgan fingerprint density at radius 1 is 1.23 bits per heavy atom. The maximum atomic E-state index is 13.3. The number of pyridine rings is 1. The second-order valence-electron chi connectivity index (χ2n) is 6.35. The normalized spacial score (nSPS) is 20.8. The molecule has 0 radical (unpaired) electrons. The van der Waals surface area contributed by atoms with E-state index in [-0.39, 0.29) is 24.2 Å². The van der Waals surface area contributed by atoms with Gasteiger partial charge >= 0.3 is 6.18 Å². The second-order valence-corrected chi connectivity index (χ2v) is 6.35. The largest absolute Gasteiger partial charge is 0.433 e. The van der Waals surface area contributed by atoms with Crippen LogP contribution in [0.25, 0.3) is 11.4 Å². The molecule has 2 unspecified atom stereocenters. The Morgan fingerprint density at radius 2 is 1.92 bits per heavy atom. The molecule has 1 aliphatic heterocycles. The summed E-state index contributed by atoms with van der Waals surface area (Å²) in [6.45, 7) is 2.12. The summed E-state index contributed by atoms with van der Waals surface area (Å²) in [5.41, 5.74) is 4.80. The lowest BCUT2D eigenvalue weighted by atomic mass is 9.93. The number of hydrogen-bond acceptors (Lipinski definition) is 5. The van der Waals surface area contributed by atoms with Crippen molar-refractivity contribution >= 4 is 11.7 Å². The van der Waals surface area contributed by atoms with Crippen LogP contribution in [0.15, 0.2) is 30.6 Å². The molecule has 2 atom stereocenters. The molecule has 26 heavy (non-hydrogen) atoms. The zero-order valence-corrected chi connectivity index (χ0v) is 14.1. The van der Waals surface area contributed by atoms with Crippen LogP contribution < -0.4 is 10.6 Å². The smallest absolute Gasteiger partial charge is 0.369 e. The number of primary amides is 1. The number of carbonyl (C=O) groups is 1. The van der Waals surface area contributed by atoms with Crippen molar-refractivity contribution in [1.29, 1.82) is 0 Å². The highest BCUT2D eigenvalue weighted by atomic mass is 19.4. The van der Waals surface area contributed by atoms with Gasteiger partial charge < -0.3 is 10.6 Å². The van der Waals surface area contributed by atoms with Gasteiger partial charge in [-0.15, -0.1) is 0 Å². The van der Waals surface area contributed by atoms with Crippen molar-refractivity contribution < 1.29 is 18.0 Å². The minimum Gasteiger partial charge on any atom is -0.369 e. The van der Waals surface area contributed by atoms with Crippen LogP contribution >= 0.6 is 0 Å². The lowest BCUT2D eigenvalue weighted by Crippen LogP contribution is -2.46. The van der Waals surface area contributed by atoms with Gasteiger partial charge in [-0.25, -0.2) is 9.97 Å². The summed E-state index contributed by atoms with van der Waals surface area (Å²) in [6.07, 6.45) is -0.427. The Morgan fingerprint density at radius 3 is 2.54 bits per heavy atom. The minimum atomic E-state index is -4.61. The summed E-state index contributed by atoms with van der Waals surface area (Å²) >= 11 is 0. The first-order chi connectivity index (χ1) is 12.3. The van der Waals surface area contributed by atoms with Gasteiger partial charge in [-0.1, -0.05) is 0 Å². The minimum absolute atomic E-state index is 0.0365. The predicted molar refractivity (Wildman–Crippen MR) is 89.0 cm³/mol. The average molecular weight is 365 g/mol. The van der Waals surface area contributed by atoms with Gasteiger partial charge in [0, 0.05) is 36.6 Å². The molecule has 3 heterocycles. The lowest BCUT2D eigenvalue weighted by Gasteiger charge is -2.38. The average Bonchev–Trinajstić information content (AvgIpc) is 2.61. The number of carbonyl (C=O) groups excluding carboxylic acids is 1. The third-order valence-corrected chi connectivity index (χ3v) is 4.52. The van der Waals surface area contributed by atoms with Gasteiger partial charge in [0.1, 0.15) is 5.82 Å². The first kappa shape index (κ1) is 18.1. The van der Waals surface area contributed by atoms with Gasteiger partial charge in [-0.2, -0.15) is 13.2 Å². The van der Waals surface area contributed by atoms with Crippen LogP contribution in [-0.4, -0.2) is 33.4 Å². The van der Waals surface area contributed by atoms with Crippen molar-refractivity contribution in [3.05, 3.63) is 36.3 Å². The van der Waals surface area contributed by atoms with E-state index in [2.05, 4.69) is 15.0 Å². The zero-order chi connectivity index (χ0) is 18.9. The number of anilines is 1. The number of nitrogens with two attached hydrogens (primary N) is 1. The molecule has 0 aromatic carbocycles. The van der Waals surface area contributed by atoms with E-state index in [1.54, 1.807) is 17.0 Å². The summed E-state index contributed by atoms with van der Waals surface area (Å²) < 4.78 is 40.0. The van der Waals surface area contributed by atoms with Crippen molar-refractivity contribution in [2.24, 2.45) is 11.7 Å². The van der Waals surface area contributed by atoms with E-state index in [1.807, 2.05) is 6.92 Å². The molecule has 3 rings (SSSR count). The summed E-state index contributed by atoms with van der Waals surface area (Å²) in [5.74, 6) is -0.774. The molecule has 9 heteroatoms. The number of nitrogens with zero attached hydrogens (tertiary/aromatic N) is 4. The molecule has 2 N–H and O–H groups in total. The molecule has 0 saturated carbocycles. The molecule has 0 bridgehead atoms. The van der Waals surface area contributed by atoms with Gasteiger partial charge in [0.25, 0.3) is 0 Å². The van der Waals surface area contributed by atoms with Crippen molar-refractivity contribution in [3.63, 3.8) is 0 Å². The molecule has 0 spiro atoms. The van der Waals surface area contributed by atoms with Crippen molar-refractivity contribution in [2.75, 3.05) is 11.4 Å². The highest BCUT2D eigenvalue weighted by molar-refractivity contribution is 5.77. The van der Waals surface area contributed by atoms with Crippen LogP contribution in [0.2, 0.25) is 0 Å². The number of aromatic nitrogens is 3. The summed E-state index contributed by atoms with van der Waals surface area (Å²) in [7, 11) is 0. The Kier molecular flexibility index (Phi) is 4.80. The summed E-state index contributed by atoms with van der Waals surface area (Å²) in [5, 5.41) is 0. The van der Waals surface area contributed by atoms with Crippen molar-refractivity contribution in [2.45, 2.75) is 32.0 Å². The van der Waals surface area contributed by atoms with Crippen molar-refractivity contribution in [3.8, 4) is 11.4 Å². The molecule has 138 valence electrons. The standard InChI is InChI=1S/C17H18F3N5O/c1-10-2-3-12(15(21)26)9-25(10)14-8-13(17(18,19)20)23-16(24-14)11-4-6-22-7-5-11/h4-8,10,12H,2-3,9H2,1H3,(H2,21,26). The van der Waals surface area contributed by atoms with Gasteiger partial charge in [0.2, 0.25) is 5.91 Å². The maximum absolute atomic E-state index is 13.3. The van der Waals surface area contributed by atoms with Crippen LogP contribution in [0.1, 0.15) is 25.5 Å². The van der Waals surface area contributed by atoms with E-state index < -0.39 is 23.7 Å². The monoisotopic (exact) mass is 365 g/mol. The van der Waals surface area contributed by atoms with E-state index in [1.165, 1.54) is 12.4 Å². The molecule has 1 amide bonds. The molecular formula is C17H18F3N5O. The predicted octanol–water partition coefficient (Wildman–Crippen LogP) is 2.65. The van der Waals surface area contributed by atoms with Gasteiger partial charge in [-0.05, 0) is 31.9 Å². The third-order valence-electron chi connectivity index (χ3n) is 4.52. The van der Waals surface area contributed by atoms with E-state index >= 15 is 0 Å². The Bertz CT molecular complexity index is 797. The number of amides is 1. The maximum Gasteiger partial charge on any atom is 0.433 e. The third kappa shape index (κ3) is 3.76. The highest BCUT2D eigenvalue weighted by Gasteiger charge is 2.36. The first-order valence-corrected chi connectivity index (χ1v) is 8.18. The van der Waals surface area contributed by atoms with E-state index in [0.717, 1.165) is 6.07 Å². The number of alkyl halides is 3. The molecule has 2 aromatic heterocycles. The van der Waals surface area contributed by atoms with Gasteiger partial charge in [0.15, 0.2) is 11.5 Å². The number of piperidine rings is 1. The molecule has 1 fully saturated rings. The molecule has 1 aliphatic rings. The molecule has 0 aliphatic carbocycles. The fourth-order valence-electron chi connectivity index (χ4n) is 3.02. The lowest BCUT2D eigenvalue weighted by molar-refractivity contribution is -0.141. The quantitative estimate of drug-likeness (QED) is 0.904. The zero-order valence-electron chi connectivity index (χ0n) is 14.1. The molecule has 1 saturated heterocycles. The molecular weight excluding hydrogens is 347 g/mol. The SMILES string of the molecule is CC1CCC(C(N)=O)CN1c1cc(C(F)(F)F)nc(-c2ccncc2)n1. The second kappa shape index (κ2) is 6.89. The van der Waals surface area contributed by atoms with Crippen LogP contribution in [0, 0.1) is 5.92 Å². The van der Waals surface area contributed by atoms with Gasteiger partial charge in [0.05, 0.1) is 5.92 Å². The first-order valence-electron chi connectivity index (χ1n) is 8.18. The summed E-state index contributed by atoms with van der Waals surface area (Å²) in [6, 6.07) is 3.95. The highest BCUT2D eigenvalue weighted by Crippen LogP contribution is 2.34. The van der Waals surface area contributed by atoms with E-state index in [4.69, 9.17) is 5.73 Å². The van der Waals surface area contributed by atoms with Crippen LogP contribution in [0.4, 0.5) is 19.0 Å². The molecule has 2 aromatic rings. The van der Waals surface area contributed by atoms with E-state index in [0.29, 0.717) is 18.4 Å². The molecule has 6 nitrogen and oxygen atoms in total. The van der Waals surface area contributed by atoms with Crippen LogP contribution in [-0.2, 0) is 11.0 Å². The van der Waals surface area contributed by atoms with Crippen LogP contribution in [0.5, 0.6) is 0 Å². The van der Waals surface area contributed by atoms with Gasteiger partial charge in [-0.3, -0.25) is 9.78 Å². The Balaban J connectivity index is 2.07. The van der Waals surface area contributed by atoms with E-state index in [9.17, 15) is 18.0 Å². The van der Waals surface area contributed by atoms with Crippen molar-refractivity contribution in [1.82, 2.24) is 15.0 Å². The number of hydrogen-bond donors (Lipinski definition) is 1. The fraction of sp³-hybridized carbons (Fsp3) is 0.412.